The third-order valence-corrected chi connectivity index (χ3v) is 6.25. The summed E-state index contributed by atoms with van der Waals surface area (Å²) < 4.78 is 2.11. The Morgan fingerprint density at radius 3 is 2.59 bits per heavy atom. The van der Waals surface area contributed by atoms with Crippen molar-refractivity contribution in [3.8, 4) is 5.69 Å². The number of hydrogen-bond acceptors (Lipinski definition) is 3. The maximum Gasteiger partial charge on any atom is 0.263 e. The first-order valence-corrected chi connectivity index (χ1v) is 10.8. The third kappa shape index (κ3) is 4.12. The normalized spacial score (nSPS) is 13.9. The van der Waals surface area contributed by atoms with Crippen molar-refractivity contribution in [3.05, 3.63) is 75.2 Å². The number of thiophene rings is 1. The van der Waals surface area contributed by atoms with Crippen LogP contribution in [0, 0.1) is 13.8 Å². The molecule has 6 heteroatoms. The predicted molar refractivity (Wildman–Crippen MR) is 115 cm³/mol. The standard InChI is InChI=1S/C23H25N3O2S/c1-16-8-9-17(2)26(16)20-10-12-29-22(20)23(28)24-14-18-5-3-6-19(13-18)15-25-11-4-7-21(25)27/h3,5-6,8-10,12-13H,4,7,11,14-15H2,1-2H3,(H,24,28). The van der Waals surface area contributed by atoms with Crippen LogP contribution in [0.1, 0.15) is 45.0 Å². The zero-order chi connectivity index (χ0) is 20.4. The molecule has 1 aromatic carbocycles. The van der Waals surface area contributed by atoms with E-state index >= 15 is 0 Å². The van der Waals surface area contributed by atoms with Crippen LogP contribution in [-0.4, -0.2) is 27.8 Å². The van der Waals surface area contributed by atoms with Crippen LogP contribution >= 0.6 is 11.3 Å². The van der Waals surface area contributed by atoms with Gasteiger partial charge in [-0.1, -0.05) is 24.3 Å². The number of aryl methyl sites for hydroxylation is 2. The zero-order valence-corrected chi connectivity index (χ0v) is 17.6. The summed E-state index contributed by atoms with van der Waals surface area (Å²) in [5, 5.41) is 5.01. The van der Waals surface area contributed by atoms with Crippen molar-refractivity contribution in [2.24, 2.45) is 0 Å². The van der Waals surface area contributed by atoms with Gasteiger partial charge in [-0.3, -0.25) is 9.59 Å². The molecule has 1 aliphatic heterocycles. The molecule has 0 aliphatic carbocycles. The summed E-state index contributed by atoms with van der Waals surface area (Å²) in [4.78, 5) is 27.3. The first-order chi connectivity index (χ1) is 14.0. The Kier molecular flexibility index (Phi) is 5.53. The second-order valence-electron chi connectivity index (χ2n) is 7.51. The van der Waals surface area contributed by atoms with Crippen LogP contribution in [0.4, 0.5) is 0 Å². The van der Waals surface area contributed by atoms with Gasteiger partial charge in [0, 0.05) is 37.4 Å². The molecular weight excluding hydrogens is 382 g/mol. The van der Waals surface area contributed by atoms with Crippen molar-refractivity contribution in [2.45, 2.75) is 39.8 Å². The molecule has 1 N–H and O–H groups in total. The molecule has 1 fully saturated rings. The van der Waals surface area contributed by atoms with E-state index in [1.54, 1.807) is 0 Å². The van der Waals surface area contributed by atoms with Gasteiger partial charge in [-0.15, -0.1) is 11.3 Å². The Balaban J connectivity index is 1.44. The van der Waals surface area contributed by atoms with Crippen LogP contribution < -0.4 is 5.32 Å². The van der Waals surface area contributed by atoms with Gasteiger partial charge in [-0.25, -0.2) is 0 Å². The number of carbonyl (C=O) groups is 2. The number of carbonyl (C=O) groups excluding carboxylic acids is 2. The van der Waals surface area contributed by atoms with Crippen molar-refractivity contribution in [3.63, 3.8) is 0 Å². The van der Waals surface area contributed by atoms with Crippen LogP contribution in [0.15, 0.2) is 47.8 Å². The molecule has 29 heavy (non-hydrogen) atoms. The van der Waals surface area contributed by atoms with Gasteiger partial charge in [0.2, 0.25) is 5.91 Å². The molecule has 1 aliphatic rings. The van der Waals surface area contributed by atoms with Crippen LogP contribution in [-0.2, 0) is 17.9 Å². The van der Waals surface area contributed by atoms with E-state index in [1.807, 2.05) is 48.4 Å². The molecule has 3 heterocycles. The van der Waals surface area contributed by atoms with Gasteiger partial charge in [-0.2, -0.15) is 0 Å². The number of aromatic nitrogens is 1. The summed E-state index contributed by atoms with van der Waals surface area (Å²) >= 11 is 1.46. The van der Waals surface area contributed by atoms with Gasteiger partial charge in [0.05, 0.1) is 5.69 Å². The molecular formula is C23H25N3O2S. The average molecular weight is 408 g/mol. The summed E-state index contributed by atoms with van der Waals surface area (Å²) in [5.41, 5.74) is 5.28. The minimum Gasteiger partial charge on any atom is -0.347 e. The molecule has 0 spiro atoms. The SMILES string of the molecule is Cc1ccc(C)n1-c1ccsc1C(=O)NCc1cccc(CN2CCCC2=O)c1. The summed E-state index contributed by atoms with van der Waals surface area (Å²) in [6.07, 6.45) is 1.59. The van der Waals surface area contributed by atoms with E-state index in [2.05, 4.69) is 28.1 Å². The molecule has 0 saturated carbocycles. The van der Waals surface area contributed by atoms with Crippen molar-refractivity contribution in [1.82, 2.24) is 14.8 Å². The Morgan fingerprint density at radius 1 is 1.10 bits per heavy atom. The highest BCUT2D eigenvalue weighted by Gasteiger charge is 2.20. The Bertz CT molecular complexity index is 1030. The predicted octanol–water partition coefficient (Wildman–Crippen LogP) is 4.21. The Hall–Kier alpha value is -2.86. The van der Waals surface area contributed by atoms with Crippen LogP contribution in [0.3, 0.4) is 0 Å². The van der Waals surface area contributed by atoms with Gasteiger partial charge in [0.15, 0.2) is 0 Å². The van der Waals surface area contributed by atoms with E-state index < -0.39 is 0 Å². The van der Waals surface area contributed by atoms with E-state index in [9.17, 15) is 9.59 Å². The first kappa shape index (κ1) is 19.5. The second kappa shape index (κ2) is 8.25. The number of nitrogens with one attached hydrogen (secondary N) is 1. The maximum atomic E-state index is 12.9. The van der Waals surface area contributed by atoms with Gasteiger partial charge < -0.3 is 14.8 Å². The summed E-state index contributed by atoms with van der Waals surface area (Å²) in [6.45, 7) is 6.02. The molecule has 2 aromatic heterocycles. The minimum absolute atomic E-state index is 0.0670. The fourth-order valence-corrected chi connectivity index (χ4v) is 4.68. The average Bonchev–Trinajstić information content (AvgIpc) is 3.42. The molecule has 0 unspecified atom stereocenters. The zero-order valence-electron chi connectivity index (χ0n) is 16.8. The Morgan fingerprint density at radius 2 is 1.86 bits per heavy atom. The highest BCUT2D eigenvalue weighted by molar-refractivity contribution is 7.12. The smallest absolute Gasteiger partial charge is 0.263 e. The number of rotatable bonds is 6. The van der Waals surface area contributed by atoms with E-state index in [0.717, 1.165) is 41.2 Å². The number of nitrogens with zero attached hydrogens (tertiary/aromatic N) is 2. The van der Waals surface area contributed by atoms with Crippen molar-refractivity contribution in [2.75, 3.05) is 6.54 Å². The largest absolute Gasteiger partial charge is 0.347 e. The highest BCUT2D eigenvalue weighted by atomic mass is 32.1. The molecule has 0 radical (unpaired) electrons. The van der Waals surface area contributed by atoms with Gasteiger partial charge in [0.1, 0.15) is 4.88 Å². The third-order valence-electron chi connectivity index (χ3n) is 5.35. The maximum absolute atomic E-state index is 12.9. The van der Waals surface area contributed by atoms with E-state index in [1.165, 1.54) is 11.3 Å². The molecule has 3 aromatic rings. The van der Waals surface area contributed by atoms with Crippen molar-refractivity contribution in [1.29, 1.82) is 0 Å². The van der Waals surface area contributed by atoms with Crippen molar-refractivity contribution >= 4 is 23.2 Å². The molecule has 5 nitrogen and oxygen atoms in total. The van der Waals surface area contributed by atoms with Gasteiger partial charge in [0.25, 0.3) is 5.91 Å². The van der Waals surface area contributed by atoms with E-state index in [4.69, 9.17) is 0 Å². The lowest BCUT2D eigenvalue weighted by molar-refractivity contribution is -0.128. The topological polar surface area (TPSA) is 54.3 Å². The Labute approximate surface area is 175 Å². The first-order valence-electron chi connectivity index (χ1n) is 9.89. The monoisotopic (exact) mass is 407 g/mol. The second-order valence-corrected chi connectivity index (χ2v) is 8.42. The van der Waals surface area contributed by atoms with E-state index in [-0.39, 0.29) is 11.8 Å². The molecule has 0 atom stereocenters. The minimum atomic E-state index is -0.0670. The highest BCUT2D eigenvalue weighted by Crippen LogP contribution is 2.25. The summed E-state index contributed by atoms with van der Waals surface area (Å²) in [7, 11) is 0. The van der Waals surface area contributed by atoms with Gasteiger partial charge >= 0.3 is 0 Å². The fourth-order valence-electron chi connectivity index (χ4n) is 3.89. The lowest BCUT2D eigenvalue weighted by atomic mass is 10.1. The van der Waals surface area contributed by atoms with Crippen LogP contribution in [0.5, 0.6) is 0 Å². The number of benzene rings is 1. The summed E-state index contributed by atoms with van der Waals surface area (Å²) in [5.74, 6) is 0.159. The molecule has 2 amide bonds. The molecule has 150 valence electrons. The van der Waals surface area contributed by atoms with Crippen LogP contribution in [0.2, 0.25) is 0 Å². The van der Waals surface area contributed by atoms with Crippen LogP contribution in [0.25, 0.3) is 5.69 Å². The van der Waals surface area contributed by atoms with E-state index in [0.29, 0.717) is 24.4 Å². The molecule has 4 rings (SSSR count). The quantitative estimate of drug-likeness (QED) is 0.666. The summed E-state index contributed by atoms with van der Waals surface area (Å²) in [6, 6.07) is 14.2. The lowest BCUT2D eigenvalue weighted by Gasteiger charge is -2.16. The van der Waals surface area contributed by atoms with Gasteiger partial charge in [-0.05, 0) is 55.0 Å². The lowest BCUT2D eigenvalue weighted by Crippen LogP contribution is -2.25. The molecule has 1 saturated heterocycles. The number of likely N-dealkylation sites (tertiary alicyclic amines) is 1. The fraction of sp³-hybridized carbons (Fsp3) is 0.304. The number of amides is 2. The van der Waals surface area contributed by atoms with Crippen molar-refractivity contribution < 1.29 is 9.59 Å². The number of hydrogen-bond donors (Lipinski definition) is 1. The molecule has 0 bridgehead atoms.